The van der Waals surface area contributed by atoms with Gasteiger partial charge in [0.25, 0.3) is 0 Å². The Morgan fingerprint density at radius 1 is 1.13 bits per heavy atom. The Labute approximate surface area is 179 Å². The van der Waals surface area contributed by atoms with Crippen LogP contribution in [0.3, 0.4) is 0 Å². The van der Waals surface area contributed by atoms with Gasteiger partial charge in [-0.15, -0.1) is 22.7 Å². The van der Waals surface area contributed by atoms with Crippen LogP contribution in [-0.4, -0.2) is 27.8 Å². The first kappa shape index (κ1) is 18.8. The van der Waals surface area contributed by atoms with Crippen molar-refractivity contribution in [3.63, 3.8) is 0 Å². The molecule has 8 nitrogen and oxygen atoms in total. The van der Waals surface area contributed by atoms with Gasteiger partial charge in [0.1, 0.15) is 0 Å². The predicted octanol–water partition coefficient (Wildman–Crippen LogP) is 4.61. The summed E-state index contributed by atoms with van der Waals surface area (Å²) in [7, 11) is 0. The van der Waals surface area contributed by atoms with Gasteiger partial charge >= 0.3 is 0 Å². The molecule has 0 radical (unpaired) electrons. The first-order valence-electron chi connectivity index (χ1n) is 9.26. The van der Waals surface area contributed by atoms with Crippen molar-refractivity contribution < 1.29 is 18.8 Å². The molecule has 1 aromatic carbocycles. The van der Waals surface area contributed by atoms with Gasteiger partial charge in [-0.2, -0.15) is 4.98 Å². The first-order chi connectivity index (χ1) is 14.7. The maximum atomic E-state index is 12.2. The van der Waals surface area contributed by atoms with E-state index in [-0.39, 0.29) is 12.7 Å². The van der Waals surface area contributed by atoms with Crippen molar-refractivity contribution in [3.05, 3.63) is 47.0 Å². The molecule has 0 saturated carbocycles. The zero-order valence-electron chi connectivity index (χ0n) is 15.7. The number of thiazole rings is 1. The van der Waals surface area contributed by atoms with Crippen LogP contribution < -0.4 is 14.8 Å². The molecule has 152 valence electrons. The molecule has 0 aliphatic carbocycles. The minimum atomic E-state index is -0.0976. The summed E-state index contributed by atoms with van der Waals surface area (Å²) in [6, 6.07) is 9.55. The van der Waals surface area contributed by atoms with Crippen LogP contribution in [0.25, 0.3) is 22.0 Å². The van der Waals surface area contributed by atoms with Crippen molar-refractivity contribution in [1.82, 2.24) is 15.1 Å². The molecule has 30 heavy (non-hydrogen) atoms. The standard InChI is InChI=1S/C20H16N4O4S2/c25-17(4-1-5-18-23-19(24-28-18)16-3-2-8-29-16)22-20-21-13(10-30-20)12-6-7-14-15(9-12)27-11-26-14/h2-3,6-10H,1,4-5,11H2,(H,21,22,25). The lowest BCUT2D eigenvalue weighted by molar-refractivity contribution is -0.116. The number of aromatic nitrogens is 3. The summed E-state index contributed by atoms with van der Waals surface area (Å²) in [6.07, 6.45) is 1.50. The van der Waals surface area contributed by atoms with Gasteiger partial charge in [0.15, 0.2) is 16.6 Å². The van der Waals surface area contributed by atoms with Crippen molar-refractivity contribution in [2.45, 2.75) is 19.3 Å². The number of fused-ring (bicyclic) bond motifs is 1. The Kier molecular flexibility index (Phi) is 5.16. The molecule has 4 heterocycles. The van der Waals surface area contributed by atoms with Gasteiger partial charge in [-0.25, -0.2) is 4.98 Å². The van der Waals surface area contributed by atoms with Gasteiger partial charge < -0.3 is 19.3 Å². The number of carbonyl (C=O) groups is 1. The summed E-state index contributed by atoms with van der Waals surface area (Å²) in [5.74, 6) is 2.45. The third-order valence-electron chi connectivity index (χ3n) is 4.42. The molecule has 0 atom stereocenters. The second-order valence-corrected chi connectivity index (χ2v) is 8.30. The maximum absolute atomic E-state index is 12.2. The van der Waals surface area contributed by atoms with Gasteiger partial charge in [0.2, 0.25) is 24.4 Å². The van der Waals surface area contributed by atoms with E-state index >= 15 is 0 Å². The molecule has 1 aliphatic rings. The molecule has 10 heteroatoms. The van der Waals surface area contributed by atoms with E-state index in [0.717, 1.165) is 21.9 Å². The Morgan fingerprint density at radius 3 is 2.97 bits per heavy atom. The van der Waals surface area contributed by atoms with Gasteiger partial charge in [-0.3, -0.25) is 4.79 Å². The highest BCUT2D eigenvalue weighted by Gasteiger charge is 2.16. The summed E-state index contributed by atoms with van der Waals surface area (Å²) < 4.78 is 16.0. The minimum Gasteiger partial charge on any atom is -0.454 e. The van der Waals surface area contributed by atoms with E-state index in [1.54, 1.807) is 11.3 Å². The fraction of sp³-hybridized carbons (Fsp3) is 0.200. The quantitative estimate of drug-likeness (QED) is 0.448. The Balaban J connectivity index is 1.13. The number of nitrogens with one attached hydrogen (secondary N) is 1. The van der Waals surface area contributed by atoms with E-state index in [2.05, 4.69) is 20.4 Å². The fourth-order valence-electron chi connectivity index (χ4n) is 2.96. The number of rotatable bonds is 7. The number of hydrogen-bond donors (Lipinski definition) is 1. The number of hydrogen-bond acceptors (Lipinski definition) is 9. The molecule has 0 fully saturated rings. The zero-order valence-corrected chi connectivity index (χ0v) is 17.3. The Hall–Kier alpha value is -3.24. The van der Waals surface area contributed by atoms with Crippen molar-refractivity contribution in [1.29, 1.82) is 0 Å². The number of nitrogens with zero attached hydrogens (tertiary/aromatic N) is 3. The number of ether oxygens (including phenoxy) is 2. The molecular weight excluding hydrogens is 424 g/mol. The highest BCUT2D eigenvalue weighted by Crippen LogP contribution is 2.36. The Morgan fingerprint density at radius 2 is 2.07 bits per heavy atom. The second-order valence-electron chi connectivity index (χ2n) is 6.50. The smallest absolute Gasteiger partial charge is 0.231 e. The summed E-state index contributed by atoms with van der Waals surface area (Å²) >= 11 is 2.94. The van der Waals surface area contributed by atoms with Crippen LogP contribution in [0, 0.1) is 0 Å². The van der Waals surface area contributed by atoms with Crippen LogP contribution in [-0.2, 0) is 11.2 Å². The lowest BCUT2D eigenvalue weighted by Gasteiger charge is -2.01. The third kappa shape index (κ3) is 4.05. The van der Waals surface area contributed by atoms with Crippen LogP contribution in [0.1, 0.15) is 18.7 Å². The average molecular weight is 441 g/mol. The van der Waals surface area contributed by atoms with Gasteiger partial charge in [-0.1, -0.05) is 11.2 Å². The van der Waals surface area contributed by atoms with Gasteiger partial charge in [0, 0.05) is 23.8 Å². The van der Waals surface area contributed by atoms with Gasteiger partial charge in [-0.05, 0) is 36.1 Å². The lowest BCUT2D eigenvalue weighted by Crippen LogP contribution is -2.11. The summed E-state index contributed by atoms with van der Waals surface area (Å²) in [4.78, 5) is 22.1. The third-order valence-corrected chi connectivity index (χ3v) is 6.05. The number of amides is 1. The normalized spacial score (nSPS) is 12.3. The topological polar surface area (TPSA) is 99.4 Å². The number of benzene rings is 1. The van der Waals surface area contributed by atoms with Crippen LogP contribution in [0.4, 0.5) is 5.13 Å². The van der Waals surface area contributed by atoms with Crippen molar-refractivity contribution >= 4 is 33.7 Å². The van der Waals surface area contributed by atoms with Crippen LogP contribution in [0.15, 0.2) is 45.6 Å². The summed E-state index contributed by atoms with van der Waals surface area (Å²) in [5, 5.41) is 11.2. The molecule has 0 bridgehead atoms. The zero-order chi connectivity index (χ0) is 20.3. The minimum absolute atomic E-state index is 0.0976. The fourth-order valence-corrected chi connectivity index (χ4v) is 4.35. The Bertz CT molecular complexity index is 1170. The van der Waals surface area contributed by atoms with Crippen LogP contribution >= 0.6 is 22.7 Å². The monoisotopic (exact) mass is 440 g/mol. The highest BCUT2D eigenvalue weighted by atomic mass is 32.1. The number of carbonyl (C=O) groups excluding carboxylic acids is 1. The maximum Gasteiger partial charge on any atom is 0.231 e. The molecule has 5 rings (SSSR count). The first-order valence-corrected chi connectivity index (χ1v) is 11.0. The van der Waals surface area contributed by atoms with Crippen molar-refractivity contribution in [3.8, 4) is 33.5 Å². The van der Waals surface area contributed by atoms with E-state index in [4.69, 9.17) is 14.0 Å². The van der Waals surface area contributed by atoms with E-state index in [1.165, 1.54) is 11.3 Å². The SMILES string of the molecule is O=C(CCCc1nc(-c2cccs2)no1)Nc1nc(-c2ccc3c(c2)OCO3)cs1. The molecule has 4 aromatic rings. The second kappa shape index (κ2) is 8.25. The number of thiophene rings is 1. The summed E-state index contributed by atoms with van der Waals surface area (Å²) in [6.45, 7) is 0.232. The largest absolute Gasteiger partial charge is 0.454 e. The lowest BCUT2D eigenvalue weighted by atomic mass is 10.1. The molecule has 0 saturated heterocycles. The molecule has 0 unspecified atom stereocenters. The molecule has 1 amide bonds. The van der Waals surface area contributed by atoms with Crippen LogP contribution in [0.5, 0.6) is 11.5 Å². The van der Waals surface area contributed by atoms with E-state index < -0.39 is 0 Å². The average Bonchev–Trinajstić information content (AvgIpc) is 3.53. The van der Waals surface area contributed by atoms with E-state index in [1.807, 2.05) is 41.1 Å². The van der Waals surface area contributed by atoms with Gasteiger partial charge in [0.05, 0.1) is 10.6 Å². The number of anilines is 1. The molecular formula is C20H16N4O4S2. The summed E-state index contributed by atoms with van der Waals surface area (Å²) in [5.41, 5.74) is 1.69. The molecule has 3 aromatic heterocycles. The van der Waals surface area contributed by atoms with Crippen LogP contribution in [0.2, 0.25) is 0 Å². The van der Waals surface area contributed by atoms with E-state index in [9.17, 15) is 4.79 Å². The van der Waals surface area contributed by atoms with Crippen molar-refractivity contribution in [2.75, 3.05) is 12.1 Å². The predicted molar refractivity (Wildman–Crippen MR) is 113 cm³/mol. The molecule has 0 spiro atoms. The molecule has 1 aliphatic heterocycles. The number of aryl methyl sites for hydroxylation is 1. The highest BCUT2D eigenvalue weighted by molar-refractivity contribution is 7.14. The molecule has 1 N–H and O–H groups in total. The van der Waals surface area contributed by atoms with E-state index in [0.29, 0.717) is 41.9 Å². The van der Waals surface area contributed by atoms with Crippen molar-refractivity contribution in [2.24, 2.45) is 0 Å².